The van der Waals surface area contributed by atoms with Gasteiger partial charge in [-0.2, -0.15) is 0 Å². The predicted octanol–water partition coefficient (Wildman–Crippen LogP) is 3.24. The zero-order valence-corrected chi connectivity index (χ0v) is 20.2. The molecule has 0 aliphatic carbocycles. The Kier molecular flexibility index (Phi) is 11.2. The van der Waals surface area contributed by atoms with Crippen molar-refractivity contribution in [2.75, 3.05) is 26.9 Å². The Hall–Kier alpha value is -2.43. The number of hydrogen-bond acceptors (Lipinski definition) is 8. The molecule has 0 N–H and O–H groups in total. The number of allylic oxidation sites excluding steroid dienone is 1. The van der Waals surface area contributed by atoms with Crippen molar-refractivity contribution in [1.29, 1.82) is 0 Å². The Morgan fingerprint density at radius 2 is 1.61 bits per heavy atom. The molecule has 0 fully saturated rings. The average molecular weight is 546 g/mol. The smallest absolute Gasteiger partial charge is 0.337 e. The van der Waals surface area contributed by atoms with E-state index in [4.69, 9.17) is 18.9 Å². The second-order valence-electron chi connectivity index (χ2n) is 6.48. The fourth-order valence-electron chi connectivity index (χ4n) is 2.80. The van der Waals surface area contributed by atoms with Crippen LogP contribution in [0.15, 0.2) is 30.4 Å². The lowest BCUT2D eigenvalue weighted by Crippen LogP contribution is -2.44. The van der Waals surface area contributed by atoms with Gasteiger partial charge in [0.2, 0.25) is 0 Å². The van der Waals surface area contributed by atoms with Crippen LogP contribution < -0.4 is 0 Å². The summed E-state index contributed by atoms with van der Waals surface area (Å²) < 4.78 is 20.8. The second kappa shape index (κ2) is 13.1. The molecule has 1 rings (SSSR count). The number of halogens is 1. The summed E-state index contributed by atoms with van der Waals surface area (Å²) >= 11 is 2.07. The minimum atomic E-state index is -1.67. The van der Waals surface area contributed by atoms with Crippen LogP contribution in [0.4, 0.5) is 0 Å². The Morgan fingerprint density at radius 3 is 2.13 bits per heavy atom. The van der Waals surface area contributed by atoms with E-state index in [1.165, 1.54) is 14.0 Å². The first kappa shape index (κ1) is 26.6. The van der Waals surface area contributed by atoms with E-state index in [0.717, 1.165) is 3.57 Å². The average Bonchev–Trinajstić information content (AvgIpc) is 2.73. The zero-order valence-electron chi connectivity index (χ0n) is 18.1. The molecule has 0 amide bonds. The maximum atomic E-state index is 13.0. The number of hydrogen-bond donors (Lipinski definition) is 0. The minimum absolute atomic E-state index is 0.00637. The summed E-state index contributed by atoms with van der Waals surface area (Å²) in [5, 5.41) is 0. The van der Waals surface area contributed by atoms with Crippen molar-refractivity contribution >= 4 is 46.5 Å². The summed E-state index contributed by atoms with van der Waals surface area (Å²) in [6, 6.07) is 4.90. The molecule has 8 nitrogen and oxygen atoms in total. The lowest BCUT2D eigenvalue weighted by atomic mass is 9.78. The Bertz CT molecular complexity index is 813. The fourth-order valence-corrected chi connectivity index (χ4v) is 3.33. The zero-order chi connectivity index (χ0) is 23.4. The van der Waals surface area contributed by atoms with Crippen molar-refractivity contribution in [1.82, 2.24) is 0 Å². The van der Waals surface area contributed by atoms with Crippen LogP contribution in [0.3, 0.4) is 0 Å². The number of benzene rings is 1. The third-order valence-corrected chi connectivity index (χ3v) is 5.36. The Balaban J connectivity index is 3.41. The molecule has 9 heteroatoms. The number of esters is 4. The highest BCUT2D eigenvalue weighted by Crippen LogP contribution is 2.34. The Labute approximate surface area is 195 Å². The quantitative estimate of drug-likeness (QED) is 0.137. The number of ether oxygens (including phenoxy) is 4. The number of carbonyl (C=O) groups excluding carboxylic acids is 4. The van der Waals surface area contributed by atoms with Crippen molar-refractivity contribution in [2.24, 2.45) is 5.41 Å². The first-order chi connectivity index (χ1) is 14.7. The summed E-state index contributed by atoms with van der Waals surface area (Å²) in [6.45, 7) is 4.74. The van der Waals surface area contributed by atoms with E-state index in [2.05, 4.69) is 22.6 Å². The van der Waals surface area contributed by atoms with Crippen LogP contribution in [0, 0.1) is 8.99 Å². The third-order valence-electron chi connectivity index (χ3n) is 4.31. The van der Waals surface area contributed by atoms with E-state index < -0.39 is 29.3 Å². The summed E-state index contributed by atoms with van der Waals surface area (Å²) in [6.07, 6.45) is 3.04. The topological polar surface area (TPSA) is 105 Å². The fraction of sp³-hybridized carbons (Fsp3) is 0.455. The summed E-state index contributed by atoms with van der Waals surface area (Å²) in [7, 11) is 1.27. The summed E-state index contributed by atoms with van der Waals surface area (Å²) in [5.74, 6) is -2.44. The van der Waals surface area contributed by atoms with Gasteiger partial charge >= 0.3 is 23.9 Å². The second-order valence-corrected chi connectivity index (χ2v) is 7.64. The van der Waals surface area contributed by atoms with Gasteiger partial charge in [0.15, 0.2) is 5.41 Å². The van der Waals surface area contributed by atoms with Crippen molar-refractivity contribution in [2.45, 2.75) is 33.6 Å². The third kappa shape index (κ3) is 7.64. The molecular weight excluding hydrogens is 519 g/mol. The van der Waals surface area contributed by atoms with Crippen LogP contribution >= 0.6 is 22.6 Å². The van der Waals surface area contributed by atoms with Gasteiger partial charge in [0.1, 0.15) is 6.61 Å². The normalized spacial score (nSPS) is 11.1. The SMILES string of the molecule is CCOC(=O)C(CC=CCOC(C)=O)(Cc1cc(C(=O)OC)ccc1I)C(=O)OCC. The van der Waals surface area contributed by atoms with Crippen molar-refractivity contribution < 1.29 is 38.1 Å². The van der Waals surface area contributed by atoms with E-state index in [-0.39, 0.29) is 32.7 Å². The maximum Gasteiger partial charge on any atom is 0.337 e. The van der Waals surface area contributed by atoms with Gasteiger partial charge in [0, 0.05) is 16.9 Å². The van der Waals surface area contributed by atoms with Gasteiger partial charge in [-0.05, 0) is 66.6 Å². The molecule has 0 atom stereocenters. The van der Waals surface area contributed by atoms with Crippen LogP contribution in [-0.2, 0) is 39.8 Å². The largest absolute Gasteiger partial charge is 0.465 e. The van der Waals surface area contributed by atoms with E-state index in [9.17, 15) is 19.2 Å². The van der Waals surface area contributed by atoms with Crippen molar-refractivity contribution in [3.05, 3.63) is 45.0 Å². The maximum absolute atomic E-state index is 13.0. The van der Waals surface area contributed by atoms with E-state index in [1.54, 1.807) is 44.2 Å². The Morgan fingerprint density at radius 1 is 1.00 bits per heavy atom. The molecule has 0 heterocycles. The van der Waals surface area contributed by atoms with Crippen LogP contribution in [0.2, 0.25) is 0 Å². The molecule has 1 aromatic rings. The molecule has 0 aliphatic rings. The monoisotopic (exact) mass is 546 g/mol. The van der Waals surface area contributed by atoms with Gasteiger partial charge in [0.05, 0.1) is 25.9 Å². The van der Waals surface area contributed by atoms with Gasteiger partial charge in [-0.25, -0.2) is 4.79 Å². The van der Waals surface area contributed by atoms with Gasteiger partial charge in [0.25, 0.3) is 0 Å². The van der Waals surface area contributed by atoms with Crippen molar-refractivity contribution in [3.63, 3.8) is 0 Å². The lowest BCUT2D eigenvalue weighted by molar-refractivity contribution is -0.172. The van der Waals surface area contributed by atoms with E-state index in [0.29, 0.717) is 11.1 Å². The van der Waals surface area contributed by atoms with Crippen LogP contribution in [0.1, 0.15) is 43.1 Å². The van der Waals surface area contributed by atoms with Crippen LogP contribution in [-0.4, -0.2) is 50.8 Å². The first-order valence-corrected chi connectivity index (χ1v) is 10.8. The van der Waals surface area contributed by atoms with E-state index in [1.807, 2.05) is 0 Å². The number of rotatable bonds is 11. The molecule has 170 valence electrons. The van der Waals surface area contributed by atoms with Crippen LogP contribution in [0.5, 0.6) is 0 Å². The molecule has 0 aliphatic heterocycles. The highest BCUT2D eigenvalue weighted by molar-refractivity contribution is 14.1. The molecular formula is C22H27IO8. The minimum Gasteiger partial charge on any atom is -0.465 e. The summed E-state index contributed by atoms with van der Waals surface area (Å²) in [4.78, 5) is 48.9. The molecule has 0 saturated heterocycles. The van der Waals surface area contributed by atoms with Crippen molar-refractivity contribution in [3.8, 4) is 0 Å². The molecule has 1 aromatic carbocycles. The van der Waals surface area contributed by atoms with Gasteiger partial charge in [-0.1, -0.05) is 12.2 Å². The molecule has 31 heavy (non-hydrogen) atoms. The lowest BCUT2D eigenvalue weighted by Gasteiger charge is -2.29. The first-order valence-electron chi connectivity index (χ1n) is 9.71. The predicted molar refractivity (Wildman–Crippen MR) is 120 cm³/mol. The standard InChI is InChI=1S/C22H27IO8/c1-5-29-20(26)22(21(27)30-6-2,11-7-8-12-31-15(3)24)14-17-13-16(19(25)28-4)9-10-18(17)23/h7-10,13H,5-6,11-12,14H2,1-4H3. The number of methoxy groups -OCH3 is 1. The highest BCUT2D eigenvalue weighted by Gasteiger charge is 2.48. The van der Waals surface area contributed by atoms with Gasteiger partial charge in [-0.3, -0.25) is 14.4 Å². The number of carbonyl (C=O) groups is 4. The summed E-state index contributed by atoms with van der Waals surface area (Å²) in [5.41, 5.74) is -0.782. The highest BCUT2D eigenvalue weighted by atomic mass is 127. The molecule has 0 spiro atoms. The van der Waals surface area contributed by atoms with Crippen LogP contribution in [0.25, 0.3) is 0 Å². The van der Waals surface area contributed by atoms with E-state index >= 15 is 0 Å². The molecule has 0 radical (unpaired) electrons. The molecule has 0 bridgehead atoms. The van der Waals surface area contributed by atoms with Gasteiger partial charge in [-0.15, -0.1) is 0 Å². The molecule has 0 saturated carbocycles. The molecule has 0 aromatic heterocycles. The molecule has 0 unspecified atom stereocenters. The van der Waals surface area contributed by atoms with Gasteiger partial charge < -0.3 is 18.9 Å².